The summed E-state index contributed by atoms with van der Waals surface area (Å²) in [7, 11) is -1.25. The van der Waals surface area contributed by atoms with Gasteiger partial charge in [-0.2, -0.15) is 0 Å². The van der Waals surface area contributed by atoms with E-state index in [4.69, 9.17) is 4.74 Å². The first-order chi connectivity index (χ1) is 9.87. The number of nitrogens with zero attached hydrogens (tertiary/aromatic N) is 3. The number of hydrogen-bond donors (Lipinski definition) is 0. The molecule has 2 atom stereocenters. The van der Waals surface area contributed by atoms with E-state index >= 15 is 0 Å². The normalized spacial score (nSPS) is 20.9. The molecule has 0 aliphatic carbocycles. The van der Waals surface area contributed by atoms with Crippen molar-refractivity contribution in [2.45, 2.75) is 49.5 Å². The highest BCUT2D eigenvalue weighted by Gasteiger charge is 2.31. The van der Waals surface area contributed by atoms with Gasteiger partial charge in [0.2, 0.25) is 0 Å². The minimum atomic E-state index is -1.25. The third-order valence-corrected chi connectivity index (χ3v) is 4.69. The minimum absolute atomic E-state index is 0.122. The molecule has 0 radical (unpaired) electrons. The molecule has 116 valence electrons. The van der Waals surface area contributed by atoms with E-state index in [1.807, 2.05) is 20.8 Å². The predicted octanol–water partition coefficient (Wildman–Crippen LogP) is 1.98. The fraction of sp³-hybridized carbons (Fsp3) is 0.643. The quantitative estimate of drug-likeness (QED) is 0.835. The highest BCUT2D eigenvalue weighted by molar-refractivity contribution is 7.85. The first-order valence-corrected chi connectivity index (χ1v) is 8.22. The zero-order valence-corrected chi connectivity index (χ0v) is 13.4. The van der Waals surface area contributed by atoms with Crippen molar-refractivity contribution < 1.29 is 13.7 Å². The number of hydrogen-bond acceptors (Lipinski definition) is 5. The van der Waals surface area contributed by atoms with Gasteiger partial charge < -0.3 is 9.64 Å². The molecule has 1 aliphatic heterocycles. The van der Waals surface area contributed by atoms with Gasteiger partial charge in [-0.15, -0.1) is 0 Å². The van der Waals surface area contributed by atoms with Gasteiger partial charge in [0.05, 0.1) is 22.2 Å². The molecule has 1 aromatic heterocycles. The Hall–Kier alpha value is -1.50. The molecule has 2 heterocycles. The lowest BCUT2D eigenvalue weighted by Crippen LogP contribution is -2.45. The molecule has 7 heteroatoms. The van der Waals surface area contributed by atoms with Gasteiger partial charge in [0.15, 0.2) is 0 Å². The molecule has 21 heavy (non-hydrogen) atoms. The van der Waals surface area contributed by atoms with Crippen molar-refractivity contribution in [2.75, 3.05) is 13.1 Å². The van der Waals surface area contributed by atoms with Crippen LogP contribution in [0.4, 0.5) is 4.79 Å². The molecular formula is C14H21N3O3S. The molecule has 0 saturated carbocycles. The number of carbonyl (C=O) groups excluding carboxylic acids is 1. The number of carbonyl (C=O) groups is 1. The molecule has 0 unspecified atom stereocenters. The Balaban J connectivity index is 2.01. The molecule has 0 bridgehead atoms. The van der Waals surface area contributed by atoms with Crippen molar-refractivity contribution in [3.63, 3.8) is 0 Å². The molecule has 1 aliphatic rings. The van der Waals surface area contributed by atoms with E-state index in [1.54, 1.807) is 11.1 Å². The zero-order valence-electron chi connectivity index (χ0n) is 12.6. The van der Waals surface area contributed by atoms with E-state index in [0.717, 1.165) is 12.8 Å². The summed E-state index contributed by atoms with van der Waals surface area (Å²) in [6.45, 7) is 6.58. The Morgan fingerprint density at radius 1 is 1.43 bits per heavy atom. The van der Waals surface area contributed by atoms with E-state index in [0.29, 0.717) is 18.1 Å². The number of aromatic nitrogens is 2. The lowest BCUT2D eigenvalue weighted by Gasteiger charge is -2.33. The lowest BCUT2D eigenvalue weighted by molar-refractivity contribution is 0.0219. The van der Waals surface area contributed by atoms with Crippen LogP contribution in [0.25, 0.3) is 0 Å². The molecular weight excluding hydrogens is 290 g/mol. The van der Waals surface area contributed by atoms with Crippen LogP contribution in [-0.2, 0) is 15.5 Å². The summed E-state index contributed by atoms with van der Waals surface area (Å²) >= 11 is 0. The molecule has 1 amide bonds. The van der Waals surface area contributed by atoms with Crippen molar-refractivity contribution in [3.8, 4) is 0 Å². The summed E-state index contributed by atoms with van der Waals surface area (Å²) < 4.78 is 17.9. The summed E-state index contributed by atoms with van der Waals surface area (Å²) in [5.41, 5.74) is -0.520. The van der Waals surface area contributed by atoms with Crippen molar-refractivity contribution >= 4 is 16.9 Å². The van der Waals surface area contributed by atoms with Crippen LogP contribution in [0.2, 0.25) is 0 Å². The van der Waals surface area contributed by atoms with Crippen molar-refractivity contribution in [1.82, 2.24) is 14.9 Å². The van der Waals surface area contributed by atoms with Crippen LogP contribution < -0.4 is 0 Å². The summed E-state index contributed by atoms with van der Waals surface area (Å²) in [4.78, 5) is 21.8. The van der Waals surface area contributed by atoms with Gasteiger partial charge in [0.1, 0.15) is 10.6 Å². The Morgan fingerprint density at radius 2 is 2.19 bits per heavy atom. The summed E-state index contributed by atoms with van der Waals surface area (Å²) in [6.07, 6.45) is 5.88. The molecule has 1 saturated heterocycles. The van der Waals surface area contributed by atoms with Crippen LogP contribution >= 0.6 is 0 Å². The highest BCUT2D eigenvalue weighted by Crippen LogP contribution is 2.20. The van der Waals surface area contributed by atoms with Crippen molar-refractivity contribution in [1.29, 1.82) is 0 Å². The molecule has 0 aromatic carbocycles. The maximum atomic E-state index is 12.5. The smallest absolute Gasteiger partial charge is 0.410 e. The van der Waals surface area contributed by atoms with Crippen LogP contribution in [0.3, 0.4) is 0 Å². The number of piperidine rings is 1. The van der Waals surface area contributed by atoms with Crippen LogP contribution in [0.15, 0.2) is 23.6 Å². The van der Waals surface area contributed by atoms with E-state index < -0.39 is 16.4 Å². The summed E-state index contributed by atoms with van der Waals surface area (Å²) in [5, 5.41) is 0.344. The Kier molecular flexibility index (Phi) is 4.92. The second-order valence-corrected chi connectivity index (χ2v) is 7.71. The van der Waals surface area contributed by atoms with E-state index in [-0.39, 0.29) is 11.3 Å². The SMILES string of the molecule is CC(C)(C)OC(=O)N1CCC[C@H]([S@@](=O)c2cnccn2)C1. The topological polar surface area (TPSA) is 72.4 Å². The minimum Gasteiger partial charge on any atom is -0.444 e. The van der Waals surface area contributed by atoms with Gasteiger partial charge >= 0.3 is 6.09 Å². The average Bonchev–Trinajstić information content (AvgIpc) is 2.46. The number of likely N-dealkylation sites (tertiary alicyclic amines) is 1. The third kappa shape index (κ3) is 4.49. The van der Waals surface area contributed by atoms with Gasteiger partial charge in [-0.1, -0.05) is 0 Å². The molecule has 1 aromatic rings. The molecule has 0 spiro atoms. The lowest BCUT2D eigenvalue weighted by atomic mass is 10.1. The maximum Gasteiger partial charge on any atom is 0.410 e. The first kappa shape index (κ1) is 15.9. The maximum absolute atomic E-state index is 12.5. The Labute approximate surface area is 127 Å². The fourth-order valence-electron chi connectivity index (χ4n) is 2.17. The van der Waals surface area contributed by atoms with Crippen LogP contribution in [0, 0.1) is 0 Å². The second-order valence-electron chi connectivity index (χ2n) is 6.03. The van der Waals surface area contributed by atoms with Crippen molar-refractivity contribution in [3.05, 3.63) is 18.6 Å². The van der Waals surface area contributed by atoms with E-state index in [1.165, 1.54) is 12.4 Å². The van der Waals surface area contributed by atoms with E-state index in [2.05, 4.69) is 9.97 Å². The van der Waals surface area contributed by atoms with Crippen LogP contribution in [-0.4, -0.2) is 49.1 Å². The highest BCUT2D eigenvalue weighted by atomic mass is 32.2. The average molecular weight is 311 g/mol. The van der Waals surface area contributed by atoms with Crippen LogP contribution in [0.5, 0.6) is 0 Å². The molecule has 2 rings (SSSR count). The van der Waals surface area contributed by atoms with Gasteiger partial charge in [0, 0.05) is 25.5 Å². The fourth-order valence-corrected chi connectivity index (χ4v) is 3.53. The first-order valence-electron chi connectivity index (χ1n) is 7.01. The van der Waals surface area contributed by atoms with Gasteiger partial charge in [0.25, 0.3) is 0 Å². The number of amides is 1. The van der Waals surface area contributed by atoms with Crippen molar-refractivity contribution in [2.24, 2.45) is 0 Å². The molecule has 1 fully saturated rings. The summed E-state index contributed by atoms with van der Waals surface area (Å²) in [6, 6.07) is 0. The zero-order chi connectivity index (χ0) is 15.5. The summed E-state index contributed by atoms with van der Waals surface area (Å²) in [5.74, 6) is 0. The van der Waals surface area contributed by atoms with Gasteiger partial charge in [-0.3, -0.25) is 9.19 Å². The van der Waals surface area contributed by atoms with Crippen LogP contribution in [0.1, 0.15) is 33.6 Å². The molecule has 0 N–H and O–H groups in total. The van der Waals surface area contributed by atoms with Gasteiger partial charge in [-0.25, -0.2) is 9.78 Å². The standard InChI is InChI=1S/C14H21N3O3S/c1-14(2,3)20-13(18)17-8-4-5-11(10-17)21(19)12-9-15-6-7-16-12/h6-7,9,11H,4-5,8,10H2,1-3H3/t11-,21+/m0/s1. The van der Waals surface area contributed by atoms with E-state index in [9.17, 15) is 9.00 Å². The predicted molar refractivity (Wildman–Crippen MR) is 79.3 cm³/mol. The number of rotatable bonds is 2. The number of ether oxygens (including phenoxy) is 1. The second kappa shape index (κ2) is 6.51. The largest absolute Gasteiger partial charge is 0.444 e. The van der Waals surface area contributed by atoms with Gasteiger partial charge in [-0.05, 0) is 33.6 Å². The molecule has 6 nitrogen and oxygen atoms in total. The monoisotopic (exact) mass is 311 g/mol. The third-order valence-electron chi connectivity index (χ3n) is 3.08. The Morgan fingerprint density at radius 3 is 2.81 bits per heavy atom. The Bertz CT molecular complexity index is 516.